The second kappa shape index (κ2) is 9.15. The lowest BCUT2D eigenvalue weighted by Gasteiger charge is -2.38. The summed E-state index contributed by atoms with van der Waals surface area (Å²) in [5, 5.41) is 9.85. The molecule has 0 radical (unpaired) electrons. The zero-order valence-electron chi connectivity index (χ0n) is 17.4. The van der Waals surface area contributed by atoms with Gasteiger partial charge in [-0.2, -0.15) is 13.2 Å². The first kappa shape index (κ1) is 25.3. The minimum absolute atomic E-state index is 0. The van der Waals surface area contributed by atoms with Gasteiger partial charge in [0.1, 0.15) is 11.5 Å². The van der Waals surface area contributed by atoms with Gasteiger partial charge in [0.15, 0.2) is 14.6 Å². The number of carbonyl (C=O) groups is 1. The highest BCUT2D eigenvalue weighted by Crippen LogP contribution is 2.40. The van der Waals surface area contributed by atoms with Crippen molar-refractivity contribution in [2.75, 3.05) is 13.1 Å². The van der Waals surface area contributed by atoms with Crippen LogP contribution in [0.5, 0.6) is 11.5 Å². The van der Waals surface area contributed by atoms with Gasteiger partial charge in [0.2, 0.25) is 0 Å². The largest absolute Gasteiger partial charge is 0.480 e. The topological polar surface area (TPSA) is 83.9 Å². The van der Waals surface area contributed by atoms with E-state index in [2.05, 4.69) is 4.90 Å². The number of piperidine rings is 1. The maximum atomic E-state index is 13.3. The number of ether oxygens (including phenoxy) is 1. The lowest BCUT2D eigenvalue weighted by molar-refractivity contribution is -0.141. The van der Waals surface area contributed by atoms with Crippen LogP contribution in [0.25, 0.3) is 0 Å². The van der Waals surface area contributed by atoms with Gasteiger partial charge in [0.05, 0.1) is 10.5 Å². The summed E-state index contributed by atoms with van der Waals surface area (Å²) in [5.74, 6) is -0.974. The van der Waals surface area contributed by atoms with E-state index in [0.717, 1.165) is 25.0 Å². The number of likely N-dealkylation sites (tertiary alicyclic amines) is 1. The third kappa shape index (κ3) is 4.97. The zero-order chi connectivity index (χ0) is 23.1. The van der Waals surface area contributed by atoms with E-state index in [1.165, 1.54) is 36.4 Å². The molecule has 1 N–H and O–H groups in total. The number of carboxylic acids is 1. The number of alkyl halides is 3. The smallest absolute Gasteiger partial charge is 0.416 e. The fourth-order valence-corrected chi connectivity index (χ4v) is 5.94. The second-order valence-corrected chi connectivity index (χ2v) is 10.4. The van der Waals surface area contributed by atoms with Gasteiger partial charge in [-0.3, -0.25) is 4.79 Å². The number of rotatable bonds is 6. The molecule has 0 atom stereocenters. The molecule has 0 spiro atoms. The van der Waals surface area contributed by atoms with Crippen LogP contribution in [-0.2, 0) is 20.8 Å². The lowest BCUT2D eigenvalue weighted by atomic mass is 9.95. The van der Waals surface area contributed by atoms with Crippen LogP contribution >= 0.6 is 12.4 Å². The second-order valence-electron chi connectivity index (χ2n) is 8.17. The molecule has 33 heavy (non-hydrogen) atoms. The summed E-state index contributed by atoms with van der Waals surface area (Å²) in [7, 11) is -4.17. The molecule has 0 bridgehead atoms. The minimum atomic E-state index is -4.45. The summed E-state index contributed by atoms with van der Waals surface area (Å²) < 4.78 is 68.2. The number of nitrogens with zero attached hydrogens (tertiary/aromatic N) is 1. The number of halogens is 4. The predicted molar refractivity (Wildman–Crippen MR) is 117 cm³/mol. The number of aliphatic carboxylic acids is 1. The molecule has 1 saturated carbocycles. The van der Waals surface area contributed by atoms with Gasteiger partial charge in [-0.1, -0.05) is 0 Å². The third-order valence-electron chi connectivity index (χ3n) is 6.12. The first-order chi connectivity index (χ1) is 15.0. The molecule has 0 amide bonds. The Labute approximate surface area is 195 Å². The fourth-order valence-electron chi connectivity index (χ4n) is 4.05. The SMILES string of the molecule is Cl.O=C(O)C1(S(=O)(=O)c2ccc(Oc3ccc(C(F)(F)F)cc3)cc2)CCN(C2CC2)CC1. The normalized spacial score (nSPS) is 18.9. The van der Waals surface area contributed by atoms with E-state index in [1.807, 2.05) is 0 Å². The Morgan fingerprint density at radius 1 is 0.970 bits per heavy atom. The number of carboxylic acid groups (broad SMARTS) is 1. The van der Waals surface area contributed by atoms with E-state index in [-0.39, 0.29) is 41.6 Å². The minimum Gasteiger partial charge on any atom is -0.480 e. The van der Waals surface area contributed by atoms with Crippen molar-refractivity contribution < 1.29 is 36.2 Å². The Hall–Kier alpha value is -2.30. The van der Waals surface area contributed by atoms with E-state index in [4.69, 9.17) is 4.74 Å². The number of benzene rings is 2. The van der Waals surface area contributed by atoms with E-state index in [9.17, 15) is 31.5 Å². The van der Waals surface area contributed by atoms with Crippen LogP contribution in [0, 0.1) is 0 Å². The summed E-state index contributed by atoms with van der Waals surface area (Å²) in [6.45, 7) is 0.844. The van der Waals surface area contributed by atoms with Crippen LogP contribution in [0.2, 0.25) is 0 Å². The average Bonchev–Trinajstić information content (AvgIpc) is 3.59. The van der Waals surface area contributed by atoms with Crippen molar-refractivity contribution in [3.63, 3.8) is 0 Å². The Bertz CT molecular complexity index is 1090. The summed E-state index contributed by atoms with van der Waals surface area (Å²) >= 11 is 0. The van der Waals surface area contributed by atoms with Crippen molar-refractivity contribution in [1.82, 2.24) is 4.90 Å². The molecule has 0 unspecified atom stereocenters. The van der Waals surface area contributed by atoms with Crippen LogP contribution in [0.4, 0.5) is 13.2 Å². The molecule has 4 rings (SSSR count). The molecular weight excluding hydrogens is 483 g/mol. The first-order valence-corrected chi connectivity index (χ1v) is 11.7. The zero-order valence-corrected chi connectivity index (χ0v) is 19.0. The van der Waals surface area contributed by atoms with Crippen molar-refractivity contribution in [3.05, 3.63) is 54.1 Å². The highest BCUT2D eigenvalue weighted by atomic mass is 35.5. The van der Waals surface area contributed by atoms with Gasteiger partial charge in [-0.05, 0) is 74.2 Å². The van der Waals surface area contributed by atoms with Gasteiger partial charge in [0.25, 0.3) is 0 Å². The molecule has 11 heteroatoms. The molecule has 2 aliphatic rings. The summed E-state index contributed by atoms with van der Waals surface area (Å²) in [5.41, 5.74) is -0.807. The maximum Gasteiger partial charge on any atom is 0.416 e. The number of sulfone groups is 1. The van der Waals surface area contributed by atoms with Crippen molar-refractivity contribution in [2.24, 2.45) is 0 Å². The van der Waals surface area contributed by atoms with E-state index >= 15 is 0 Å². The van der Waals surface area contributed by atoms with Crippen LogP contribution in [0.3, 0.4) is 0 Å². The van der Waals surface area contributed by atoms with Gasteiger partial charge in [-0.25, -0.2) is 8.42 Å². The van der Waals surface area contributed by atoms with Crippen LogP contribution in [-0.4, -0.2) is 48.3 Å². The van der Waals surface area contributed by atoms with Crippen LogP contribution in [0.15, 0.2) is 53.4 Å². The Morgan fingerprint density at radius 2 is 1.45 bits per heavy atom. The summed E-state index contributed by atoms with van der Waals surface area (Å²) in [6, 6.07) is 9.81. The van der Waals surface area contributed by atoms with E-state index < -0.39 is 32.3 Å². The molecular formula is C22H23ClF3NO5S. The Morgan fingerprint density at radius 3 is 1.88 bits per heavy atom. The molecule has 1 heterocycles. The molecule has 2 aromatic rings. The number of hydrogen-bond acceptors (Lipinski definition) is 5. The van der Waals surface area contributed by atoms with Crippen molar-refractivity contribution >= 4 is 28.2 Å². The van der Waals surface area contributed by atoms with Gasteiger partial charge in [0, 0.05) is 19.1 Å². The van der Waals surface area contributed by atoms with Crippen molar-refractivity contribution in [1.29, 1.82) is 0 Å². The number of hydrogen-bond donors (Lipinski definition) is 1. The molecule has 2 fully saturated rings. The average molecular weight is 506 g/mol. The third-order valence-corrected chi connectivity index (χ3v) is 8.63. The standard InChI is InChI=1S/C22H22F3NO5S.ClH/c23-22(24,25)15-1-5-17(6-2-15)31-18-7-9-19(10-8-18)32(29,30)21(20(27)28)11-13-26(14-12-21)16-3-4-16;/h1-2,5-10,16H,3-4,11-14H2,(H,27,28);1H. The quantitative estimate of drug-likeness (QED) is 0.608. The molecule has 1 aliphatic carbocycles. The maximum absolute atomic E-state index is 13.3. The van der Waals surface area contributed by atoms with E-state index in [1.54, 1.807) is 0 Å². The van der Waals surface area contributed by atoms with Gasteiger partial charge in [-0.15, -0.1) is 12.4 Å². The molecule has 180 valence electrons. The molecule has 1 aliphatic heterocycles. The Balaban J connectivity index is 0.00000306. The summed E-state index contributed by atoms with van der Waals surface area (Å²) in [4.78, 5) is 14.1. The Kier molecular flexibility index (Phi) is 7.02. The molecule has 1 saturated heterocycles. The van der Waals surface area contributed by atoms with Crippen LogP contribution in [0.1, 0.15) is 31.2 Å². The molecule has 2 aromatic carbocycles. The van der Waals surface area contributed by atoms with Gasteiger partial charge >= 0.3 is 12.1 Å². The highest BCUT2D eigenvalue weighted by molar-refractivity contribution is 7.93. The van der Waals surface area contributed by atoms with Crippen molar-refractivity contribution in [3.8, 4) is 11.5 Å². The molecule has 6 nitrogen and oxygen atoms in total. The first-order valence-electron chi connectivity index (χ1n) is 10.2. The van der Waals surface area contributed by atoms with E-state index in [0.29, 0.717) is 19.1 Å². The monoisotopic (exact) mass is 505 g/mol. The van der Waals surface area contributed by atoms with Gasteiger partial charge < -0.3 is 14.7 Å². The lowest BCUT2D eigenvalue weighted by Crippen LogP contribution is -2.54. The predicted octanol–water partition coefficient (Wildman–Crippen LogP) is 4.77. The van der Waals surface area contributed by atoms with Crippen molar-refractivity contribution in [2.45, 2.75) is 47.5 Å². The van der Waals surface area contributed by atoms with Crippen LogP contribution < -0.4 is 4.74 Å². The fraction of sp³-hybridized carbons (Fsp3) is 0.409. The summed E-state index contributed by atoms with van der Waals surface area (Å²) in [6.07, 6.45) is -2.29. The highest BCUT2D eigenvalue weighted by Gasteiger charge is 2.54. The molecule has 0 aromatic heterocycles.